The van der Waals surface area contributed by atoms with Crippen LogP contribution in [0.4, 0.5) is 0 Å². The first-order valence-corrected chi connectivity index (χ1v) is 5.20. The Bertz CT molecular complexity index is 284. The van der Waals surface area contributed by atoms with E-state index in [0.717, 1.165) is 11.8 Å². The molecule has 11 heavy (non-hydrogen) atoms. The van der Waals surface area contributed by atoms with Crippen molar-refractivity contribution in [3.8, 4) is 0 Å². The largest absolute Gasteiger partial charge is 0.326 e. The van der Waals surface area contributed by atoms with Gasteiger partial charge < -0.3 is 5.32 Å². The number of amides is 1. The molecule has 1 aliphatic heterocycles. The second-order valence-corrected chi connectivity index (χ2v) is 5.68. The molecule has 1 saturated heterocycles. The van der Waals surface area contributed by atoms with E-state index in [1.54, 1.807) is 0 Å². The molecule has 1 amide bonds. The number of rotatable bonds is 1. The van der Waals surface area contributed by atoms with Gasteiger partial charge in [-0.15, -0.1) is 11.8 Å². The van der Waals surface area contributed by atoms with Gasteiger partial charge in [0.05, 0.1) is 5.75 Å². The second kappa shape index (κ2) is 2.36. The summed E-state index contributed by atoms with van der Waals surface area (Å²) < 4.78 is 28.3. The van der Waals surface area contributed by atoms with E-state index in [0.29, 0.717) is 0 Å². The van der Waals surface area contributed by atoms with Crippen LogP contribution in [0.25, 0.3) is 0 Å². The van der Waals surface area contributed by atoms with Gasteiger partial charge in [-0.2, -0.15) is 8.42 Å². The monoisotopic (exact) mass is 197 g/mol. The lowest BCUT2D eigenvalue weighted by atomic mass is 10.6. The van der Waals surface area contributed by atoms with Gasteiger partial charge in [-0.3, -0.25) is 9.35 Å². The number of hydrogen-bond donors (Lipinski definition) is 2. The average molecular weight is 197 g/mol. The lowest BCUT2D eigenvalue weighted by Crippen LogP contribution is -2.43. The molecule has 1 rings (SSSR count). The van der Waals surface area contributed by atoms with Crippen LogP contribution in [0.15, 0.2) is 0 Å². The van der Waals surface area contributed by atoms with Crippen LogP contribution < -0.4 is 5.32 Å². The SMILES string of the molecule is CC1(S(=O)(=O)O)NC(=O)CS1. The lowest BCUT2D eigenvalue weighted by Gasteiger charge is -2.17. The molecule has 64 valence electrons. The minimum atomic E-state index is -4.20. The van der Waals surface area contributed by atoms with Crippen LogP contribution >= 0.6 is 11.8 Å². The van der Waals surface area contributed by atoms with Crippen molar-refractivity contribution in [2.75, 3.05) is 5.75 Å². The van der Waals surface area contributed by atoms with Crippen LogP contribution in [0.2, 0.25) is 0 Å². The van der Waals surface area contributed by atoms with Crippen LogP contribution in [0.1, 0.15) is 6.92 Å². The Balaban J connectivity index is 2.96. The van der Waals surface area contributed by atoms with Crippen molar-refractivity contribution < 1.29 is 17.8 Å². The summed E-state index contributed by atoms with van der Waals surface area (Å²) >= 11 is 0.861. The van der Waals surface area contributed by atoms with E-state index in [9.17, 15) is 13.2 Å². The van der Waals surface area contributed by atoms with Gasteiger partial charge in [-0.05, 0) is 6.92 Å². The summed E-state index contributed by atoms with van der Waals surface area (Å²) in [6.45, 7) is 1.25. The van der Waals surface area contributed by atoms with Crippen LogP contribution in [0.5, 0.6) is 0 Å². The van der Waals surface area contributed by atoms with Crippen LogP contribution in [-0.2, 0) is 14.9 Å². The van der Waals surface area contributed by atoms with E-state index in [1.165, 1.54) is 6.92 Å². The normalized spacial score (nSPS) is 32.0. The summed E-state index contributed by atoms with van der Waals surface area (Å²) in [7, 11) is -4.20. The number of nitrogens with one attached hydrogen (secondary N) is 1. The average Bonchev–Trinajstić information content (AvgIpc) is 2.10. The molecule has 1 fully saturated rings. The van der Waals surface area contributed by atoms with Gasteiger partial charge in [0, 0.05) is 0 Å². The topological polar surface area (TPSA) is 83.5 Å². The van der Waals surface area contributed by atoms with Gasteiger partial charge in [-0.1, -0.05) is 0 Å². The highest BCUT2D eigenvalue weighted by molar-refractivity contribution is 8.13. The summed E-state index contributed by atoms with van der Waals surface area (Å²) in [6.07, 6.45) is 0. The Labute approximate surface area is 68.3 Å². The molecule has 0 saturated carbocycles. The molecule has 5 nitrogen and oxygen atoms in total. The number of hydrogen-bond acceptors (Lipinski definition) is 4. The predicted molar refractivity (Wildman–Crippen MR) is 40.6 cm³/mol. The zero-order valence-corrected chi connectivity index (χ0v) is 7.33. The Morgan fingerprint density at radius 2 is 2.27 bits per heavy atom. The maximum Gasteiger partial charge on any atom is 0.298 e. The Morgan fingerprint density at radius 3 is 2.45 bits per heavy atom. The molecule has 7 heteroatoms. The van der Waals surface area contributed by atoms with E-state index in [1.807, 2.05) is 0 Å². The van der Waals surface area contributed by atoms with Crippen molar-refractivity contribution in [2.45, 2.75) is 11.1 Å². The fourth-order valence-electron chi connectivity index (χ4n) is 0.668. The van der Waals surface area contributed by atoms with Crippen molar-refractivity contribution in [1.82, 2.24) is 5.32 Å². The third-order valence-electron chi connectivity index (χ3n) is 1.34. The van der Waals surface area contributed by atoms with Gasteiger partial charge in [0.2, 0.25) is 10.1 Å². The summed E-state index contributed by atoms with van der Waals surface area (Å²) in [5.41, 5.74) is 0. The van der Waals surface area contributed by atoms with E-state index >= 15 is 0 Å². The molecule has 0 bridgehead atoms. The minimum absolute atomic E-state index is 0.0658. The fraction of sp³-hybridized carbons (Fsp3) is 0.750. The first-order chi connectivity index (χ1) is 4.85. The number of carbonyl (C=O) groups is 1. The standard InChI is InChI=1S/C4H7NO4S2/c1-4(11(7,8)9)5-3(6)2-10-4/h2H2,1H3,(H,5,6)(H,7,8,9). The quantitative estimate of drug-likeness (QED) is 0.549. The van der Waals surface area contributed by atoms with E-state index < -0.39 is 14.3 Å². The van der Waals surface area contributed by atoms with Crippen LogP contribution in [0.3, 0.4) is 0 Å². The summed E-state index contributed by atoms with van der Waals surface area (Å²) in [6, 6.07) is 0. The molecule has 1 heterocycles. The molecule has 0 aromatic carbocycles. The highest BCUT2D eigenvalue weighted by atomic mass is 32.3. The molecule has 2 N–H and O–H groups in total. The van der Waals surface area contributed by atoms with E-state index in [4.69, 9.17) is 4.55 Å². The molecule has 0 radical (unpaired) electrons. The van der Waals surface area contributed by atoms with Gasteiger partial charge >= 0.3 is 0 Å². The highest BCUT2D eigenvalue weighted by Crippen LogP contribution is 2.31. The molecule has 0 spiro atoms. The predicted octanol–water partition coefficient (Wildman–Crippen LogP) is -0.589. The maximum atomic E-state index is 10.6. The van der Waals surface area contributed by atoms with Gasteiger partial charge in [0.15, 0.2) is 0 Å². The van der Waals surface area contributed by atoms with Crippen molar-refractivity contribution in [3.05, 3.63) is 0 Å². The van der Waals surface area contributed by atoms with Gasteiger partial charge in [0.25, 0.3) is 10.1 Å². The molecular weight excluding hydrogens is 190 g/mol. The Hall–Kier alpha value is -0.270. The van der Waals surface area contributed by atoms with Crippen molar-refractivity contribution in [3.63, 3.8) is 0 Å². The summed E-state index contributed by atoms with van der Waals surface area (Å²) in [4.78, 5) is 10.6. The molecule has 0 aromatic rings. The zero-order valence-electron chi connectivity index (χ0n) is 5.70. The number of thioether (sulfide) groups is 1. The summed E-state index contributed by atoms with van der Waals surface area (Å²) in [5, 5.41) is 2.16. The minimum Gasteiger partial charge on any atom is -0.326 e. The van der Waals surface area contributed by atoms with E-state index in [2.05, 4.69) is 5.32 Å². The third kappa shape index (κ3) is 1.49. The van der Waals surface area contributed by atoms with Crippen molar-refractivity contribution in [1.29, 1.82) is 0 Å². The Kier molecular flexibility index (Phi) is 1.89. The second-order valence-electron chi connectivity index (χ2n) is 2.26. The zero-order chi connectivity index (χ0) is 8.70. The van der Waals surface area contributed by atoms with Crippen molar-refractivity contribution in [2.24, 2.45) is 0 Å². The first-order valence-electron chi connectivity index (χ1n) is 2.77. The lowest BCUT2D eigenvalue weighted by molar-refractivity contribution is -0.118. The van der Waals surface area contributed by atoms with Gasteiger partial charge in [0.1, 0.15) is 0 Å². The molecule has 0 aromatic heterocycles. The molecule has 1 atom stereocenters. The smallest absolute Gasteiger partial charge is 0.298 e. The van der Waals surface area contributed by atoms with E-state index in [-0.39, 0.29) is 11.7 Å². The number of carbonyl (C=O) groups excluding carboxylic acids is 1. The fourth-order valence-corrected chi connectivity index (χ4v) is 2.35. The highest BCUT2D eigenvalue weighted by Gasteiger charge is 2.45. The Morgan fingerprint density at radius 1 is 1.73 bits per heavy atom. The molecule has 1 unspecified atom stereocenters. The molecule has 1 aliphatic rings. The molecular formula is C4H7NO4S2. The maximum absolute atomic E-state index is 10.6. The summed E-state index contributed by atoms with van der Waals surface area (Å²) in [5.74, 6) is -0.314. The first kappa shape index (κ1) is 8.82. The molecule has 0 aliphatic carbocycles. The van der Waals surface area contributed by atoms with Gasteiger partial charge in [-0.25, -0.2) is 0 Å². The van der Waals surface area contributed by atoms with Crippen LogP contribution in [0, 0.1) is 0 Å². The van der Waals surface area contributed by atoms with Crippen molar-refractivity contribution >= 4 is 27.8 Å². The van der Waals surface area contributed by atoms with Crippen LogP contribution in [-0.4, -0.2) is 28.8 Å². The third-order valence-corrected chi connectivity index (χ3v) is 4.47.